The summed E-state index contributed by atoms with van der Waals surface area (Å²) in [6.45, 7) is 4.56. The Morgan fingerprint density at radius 2 is 1.50 bits per heavy atom. The molecule has 0 saturated carbocycles. The number of nitrogens with one attached hydrogen (secondary N) is 2. The predicted molar refractivity (Wildman–Crippen MR) is 74.8 cm³/mol. The number of benzene rings is 1. The fraction of sp³-hybridized carbons (Fsp3) is 0.429. The lowest BCUT2D eigenvalue weighted by Gasteiger charge is -2.11. The summed E-state index contributed by atoms with van der Waals surface area (Å²) >= 11 is 0. The summed E-state index contributed by atoms with van der Waals surface area (Å²) in [5.74, 6) is -3.19. The lowest BCUT2D eigenvalue weighted by molar-refractivity contribution is -0.145. The molecule has 1 aromatic rings. The molecular weight excluding hydrogens is 260 g/mol. The molecule has 1 fully saturated rings. The summed E-state index contributed by atoms with van der Waals surface area (Å²) in [7, 11) is 0. The fourth-order valence-corrected chi connectivity index (χ4v) is 1.81. The van der Waals surface area contributed by atoms with Crippen molar-refractivity contribution in [1.82, 2.24) is 10.6 Å². The molecule has 20 heavy (non-hydrogen) atoms. The summed E-state index contributed by atoms with van der Waals surface area (Å²) in [5, 5.41) is 23.8. The number of carboxylic acid groups (broad SMARTS) is 2. The number of carbonyl (C=O) groups is 2. The number of hydrogen-bond acceptors (Lipinski definition) is 4. The lowest BCUT2D eigenvalue weighted by Crippen LogP contribution is -2.39. The van der Waals surface area contributed by atoms with Crippen LogP contribution in [0.1, 0.15) is 17.9 Å². The van der Waals surface area contributed by atoms with Gasteiger partial charge in [-0.1, -0.05) is 30.3 Å². The Bertz CT molecular complexity index is 407. The number of piperazine rings is 1. The molecule has 1 unspecified atom stereocenters. The molecule has 4 N–H and O–H groups in total. The molecule has 1 aromatic carbocycles. The number of carboxylic acids is 2. The van der Waals surface area contributed by atoms with Gasteiger partial charge in [-0.25, -0.2) is 0 Å². The molecule has 1 aliphatic heterocycles. The van der Waals surface area contributed by atoms with E-state index < -0.39 is 17.9 Å². The Morgan fingerprint density at radius 1 is 1.00 bits per heavy atom. The van der Waals surface area contributed by atoms with Crippen LogP contribution in [0.2, 0.25) is 0 Å². The average Bonchev–Trinajstić information content (AvgIpc) is 2.48. The zero-order valence-corrected chi connectivity index (χ0v) is 11.2. The Morgan fingerprint density at radius 3 is 1.85 bits per heavy atom. The molecular formula is C14H20N2O4. The van der Waals surface area contributed by atoms with Crippen LogP contribution >= 0.6 is 0 Å². The van der Waals surface area contributed by atoms with E-state index in [0.29, 0.717) is 5.56 Å². The van der Waals surface area contributed by atoms with Gasteiger partial charge in [0, 0.05) is 26.2 Å². The van der Waals surface area contributed by atoms with E-state index in [1.807, 2.05) is 0 Å². The van der Waals surface area contributed by atoms with Crippen molar-refractivity contribution >= 4 is 11.9 Å². The van der Waals surface area contributed by atoms with Gasteiger partial charge in [-0.2, -0.15) is 0 Å². The van der Waals surface area contributed by atoms with E-state index in [9.17, 15) is 9.59 Å². The zero-order chi connectivity index (χ0) is 14.8. The Balaban J connectivity index is 0.000000276. The maximum absolute atomic E-state index is 10.8. The maximum atomic E-state index is 10.8. The van der Waals surface area contributed by atoms with Gasteiger partial charge in [0.15, 0.2) is 0 Å². The molecule has 1 saturated heterocycles. The van der Waals surface area contributed by atoms with Gasteiger partial charge in [-0.15, -0.1) is 0 Å². The Labute approximate surface area is 117 Å². The number of rotatable bonds is 4. The van der Waals surface area contributed by atoms with Gasteiger partial charge >= 0.3 is 11.9 Å². The first-order valence-corrected chi connectivity index (χ1v) is 6.52. The van der Waals surface area contributed by atoms with Gasteiger partial charge in [0.1, 0.15) is 0 Å². The van der Waals surface area contributed by atoms with Crippen molar-refractivity contribution in [1.29, 1.82) is 0 Å². The highest BCUT2D eigenvalue weighted by molar-refractivity contribution is 5.82. The normalized spacial score (nSPS) is 15.6. The molecule has 0 aliphatic carbocycles. The van der Waals surface area contributed by atoms with Crippen LogP contribution in [0.3, 0.4) is 0 Å². The van der Waals surface area contributed by atoms with Crippen molar-refractivity contribution in [3.05, 3.63) is 35.9 Å². The Hall–Kier alpha value is -1.92. The van der Waals surface area contributed by atoms with E-state index in [4.69, 9.17) is 10.2 Å². The molecule has 0 aromatic heterocycles. The summed E-state index contributed by atoms with van der Waals surface area (Å²) in [6, 6.07) is 8.35. The first-order valence-electron chi connectivity index (χ1n) is 6.52. The molecule has 0 radical (unpaired) electrons. The topological polar surface area (TPSA) is 98.7 Å². The van der Waals surface area contributed by atoms with Crippen molar-refractivity contribution in [3.8, 4) is 0 Å². The maximum Gasteiger partial charge on any atom is 0.311 e. The highest BCUT2D eigenvalue weighted by Gasteiger charge is 2.22. The fourth-order valence-electron chi connectivity index (χ4n) is 1.81. The van der Waals surface area contributed by atoms with E-state index in [1.165, 1.54) is 0 Å². The number of hydrogen-bond donors (Lipinski definition) is 4. The van der Waals surface area contributed by atoms with Crippen molar-refractivity contribution < 1.29 is 19.8 Å². The van der Waals surface area contributed by atoms with Crippen molar-refractivity contribution in [3.63, 3.8) is 0 Å². The molecule has 6 heteroatoms. The van der Waals surface area contributed by atoms with Crippen LogP contribution in [0.25, 0.3) is 0 Å². The molecule has 0 bridgehead atoms. The molecule has 1 aliphatic rings. The molecule has 110 valence electrons. The molecule has 0 amide bonds. The quantitative estimate of drug-likeness (QED) is 0.641. The SMILES string of the molecule is C1CNCCN1.O=C(O)CC(C(=O)O)c1ccccc1. The van der Waals surface area contributed by atoms with Crippen LogP contribution in [0.4, 0.5) is 0 Å². The van der Waals surface area contributed by atoms with Crippen molar-refractivity contribution in [2.24, 2.45) is 0 Å². The minimum absolute atomic E-state index is 0.390. The van der Waals surface area contributed by atoms with Crippen LogP contribution in [0, 0.1) is 0 Å². The van der Waals surface area contributed by atoms with Gasteiger partial charge in [0.05, 0.1) is 12.3 Å². The highest BCUT2D eigenvalue weighted by atomic mass is 16.4. The van der Waals surface area contributed by atoms with Gasteiger partial charge < -0.3 is 20.8 Å². The molecule has 1 atom stereocenters. The second kappa shape index (κ2) is 9.06. The molecule has 1 heterocycles. The number of aliphatic carboxylic acids is 2. The first kappa shape index (κ1) is 16.1. The van der Waals surface area contributed by atoms with Crippen LogP contribution in [0.15, 0.2) is 30.3 Å². The third kappa shape index (κ3) is 6.31. The van der Waals surface area contributed by atoms with E-state index in [1.54, 1.807) is 30.3 Å². The highest BCUT2D eigenvalue weighted by Crippen LogP contribution is 2.19. The monoisotopic (exact) mass is 280 g/mol. The average molecular weight is 280 g/mol. The smallest absolute Gasteiger partial charge is 0.311 e. The summed E-state index contributed by atoms with van der Waals surface area (Å²) in [5.41, 5.74) is 0.516. The van der Waals surface area contributed by atoms with Crippen LogP contribution in [0.5, 0.6) is 0 Å². The van der Waals surface area contributed by atoms with E-state index >= 15 is 0 Å². The van der Waals surface area contributed by atoms with E-state index in [2.05, 4.69) is 10.6 Å². The minimum Gasteiger partial charge on any atom is -0.481 e. The summed E-state index contributed by atoms with van der Waals surface area (Å²) in [6.07, 6.45) is -0.390. The third-order valence-electron chi connectivity index (χ3n) is 2.84. The van der Waals surface area contributed by atoms with Crippen molar-refractivity contribution in [2.75, 3.05) is 26.2 Å². The molecule has 0 spiro atoms. The second-order valence-corrected chi connectivity index (χ2v) is 4.40. The van der Waals surface area contributed by atoms with Gasteiger partial charge in [-0.05, 0) is 5.56 Å². The lowest BCUT2D eigenvalue weighted by atomic mass is 9.96. The summed E-state index contributed by atoms with van der Waals surface area (Å²) in [4.78, 5) is 21.2. The van der Waals surface area contributed by atoms with Crippen LogP contribution in [-0.2, 0) is 9.59 Å². The van der Waals surface area contributed by atoms with Gasteiger partial charge in [0.2, 0.25) is 0 Å². The second-order valence-electron chi connectivity index (χ2n) is 4.40. The summed E-state index contributed by atoms with van der Waals surface area (Å²) < 4.78 is 0. The van der Waals surface area contributed by atoms with E-state index in [-0.39, 0.29) is 6.42 Å². The van der Waals surface area contributed by atoms with Gasteiger partial charge in [-0.3, -0.25) is 9.59 Å². The van der Waals surface area contributed by atoms with Crippen molar-refractivity contribution in [2.45, 2.75) is 12.3 Å². The standard InChI is InChI=1S/C10H10O4.C4H10N2/c11-9(12)6-8(10(13)14)7-4-2-1-3-5-7;1-2-6-4-3-5-1/h1-5,8H,6H2,(H,11,12)(H,13,14);5-6H,1-4H2. The third-order valence-corrected chi connectivity index (χ3v) is 2.84. The molecule has 2 rings (SSSR count). The van der Waals surface area contributed by atoms with Crippen LogP contribution < -0.4 is 10.6 Å². The zero-order valence-electron chi connectivity index (χ0n) is 11.2. The largest absolute Gasteiger partial charge is 0.481 e. The predicted octanol–water partition coefficient (Wildman–Crippen LogP) is 0.509. The molecule has 6 nitrogen and oxygen atoms in total. The minimum atomic E-state index is -1.11. The first-order chi connectivity index (χ1) is 9.61. The van der Waals surface area contributed by atoms with Crippen LogP contribution in [-0.4, -0.2) is 48.3 Å². The Kier molecular flexibility index (Phi) is 7.31. The van der Waals surface area contributed by atoms with E-state index in [0.717, 1.165) is 26.2 Å². The van der Waals surface area contributed by atoms with Gasteiger partial charge in [0.25, 0.3) is 0 Å².